The molecule has 1 unspecified atom stereocenters. The van der Waals surface area contributed by atoms with Crippen LogP contribution in [0.2, 0.25) is 5.02 Å². The van der Waals surface area contributed by atoms with E-state index in [1.807, 2.05) is 0 Å². The predicted octanol–water partition coefficient (Wildman–Crippen LogP) is 9.15. The van der Waals surface area contributed by atoms with Crippen LogP contribution < -0.4 is 0 Å². The van der Waals surface area contributed by atoms with Crippen molar-refractivity contribution >= 4 is 34.7 Å². The molecule has 2 aromatic rings. The number of hydrogen-bond donors (Lipinski definition) is 1. The lowest BCUT2D eigenvalue weighted by Gasteiger charge is -2.25. The summed E-state index contributed by atoms with van der Waals surface area (Å²) in [5.41, 5.74) is 0.804. The SMILES string of the molecule is CCCCCCCCCCCCCCCCN1C(=O)C(=O)C(=C(O)c2ccc(Cl)cc2)C1c1ccc([N+](=O)[O-])cc1. The molecule has 1 saturated heterocycles. The Hall–Kier alpha value is -3.19. The van der Waals surface area contributed by atoms with Crippen molar-refractivity contribution in [3.8, 4) is 0 Å². The zero-order chi connectivity index (χ0) is 29.6. The Kier molecular flexibility index (Phi) is 13.3. The second-order valence-electron chi connectivity index (χ2n) is 10.9. The van der Waals surface area contributed by atoms with Gasteiger partial charge in [0.1, 0.15) is 5.76 Å². The molecule has 1 aliphatic rings. The normalized spacial score (nSPS) is 16.4. The van der Waals surface area contributed by atoms with Gasteiger partial charge in [-0.15, -0.1) is 0 Å². The van der Waals surface area contributed by atoms with E-state index >= 15 is 0 Å². The number of aliphatic hydroxyl groups excluding tert-OH is 1. The summed E-state index contributed by atoms with van der Waals surface area (Å²) in [7, 11) is 0. The first-order chi connectivity index (χ1) is 19.8. The van der Waals surface area contributed by atoms with Gasteiger partial charge in [0.2, 0.25) is 0 Å². The molecule has 222 valence electrons. The number of nitrogens with zero attached hydrogens (tertiary/aromatic N) is 2. The molecule has 0 saturated carbocycles. The third kappa shape index (κ3) is 9.42. The van der Waals surface area contributed by atoms with E-state index in [0.29, 0.717) is 22.7 Å². The molecule has 1 heterocycles. The number of carbonyl (C=O) groups is 2. The quantitative estimate of drug-likeness (QED) is 0.0471. The maximum Gasteiger partial charge on any atom is 0.295 e. The molecule has 8 heteroatoms. The molecule has 1 fully saturated rings. The maximum absolute atomic E-state index is 13.2. The number of likely N-dealkylation sites (tertiary alicyclic amines) is 1. The van der Waals surface area contributed by atoms with E-state index in [0.717, 1.165) is 25.7 Å². The highest BCUT2D eigenvalue weighted by molar-refractivity contribution is 6.46. The minimum atomic E-state index is -0.826. The van der Waals surface area contributed by atoms with Gasteiger partial charge in [0.25, 0.3) is 17.4 Å². The number of carbonyl (C=O) groups excluding carboxylic acids is 2. The number of ketones is 1. The summed E-state index contributed by atoms with van der Waals surface area (Å²) >= 11 is 5.98. The summed E-state index contributed by atoms with van der Waals surface area (Å²) in [5.74, 6) is -1.71. The number of nitro benzene ring substituents is 1. The first kappa shape index (κ1) is 32.3. The van der Waals surface area contributed by atoms with E-state index in [9.17, 15) is 24.8 Å². The van der Waals surface area contributed by atoms with Crippen molar-refractivity contribution in [3.63, 3.8) is 0 Å². The van der Waals surface area contributed by atoms with Gasteiger partial charge in [0.05, 0.1) is 16.5 Å². The standard InChI is InChI=1S/C33H43ClN2O5/c1-2-3-4-5-6-7-8-9-10-11-12-13-14-15-24-35-30(25-18-22-28(23-19-25)36(40)41)29(32(38)33(35)39)31(37)26-16-20-27(34)21-17-26/h16-23,30,37H,2-15,24H2,1H3. The van der Waals surface area contributed by atoms with Crippen molar-refractivity contribution in [3.05, 3.63) is 80.4 Å². The van der Waals surface area contributed by atoms with Crippen molar-refractivity contribution in [2.24, 2.45) is 0 Å². The molecule has 0 aromatic heterocycles. The molecule has 0 aliphatic carbocycles. The lowest BCUT2D eigenvalue weighted by atomic mass is 9.95. The Morgan fingerprint density at radius 2 is 1.29 bits per heavy atom. The summed E-state index contributed by atoms with van der Waals surface area (Å²) in [6.07, 6.45) is 17.0. The summed E-state index contributed by atoms with van der Waals surface area (Å²) in [4.78, 5) is 38.5. The molecule has 7 nitrogen and oxygen atoms in total. The van der Waals surface area contributed by atoms with Gasteiger partial charge in [-0.25, -0.2) is 0 Å². The number of nitro groups is 1. The topological polar surface area (TPSA) is 101 Å². The van der Waals surface area contributed by atoms with Crippen LogP contribution in [0.4, 0.5) is 5.69 Å². The second kappa shape index (κ2) is 16.9. The van der Waals surface area contributed by atoms with E-state index in [2.05, 4.69) is 6.92 Å². The third-order valence-corrected chi connectivity index (χ3v) is 8.08. The molecule has 1 atom stereocenters. The maximum atomic E-state index is 13.2. The first-order valence-corrected chi connectivity index (χ1v) is 15.5. The fourth-order valence-corrected chi connectivity index (χ4v) is 5.60. The Morgan fingerprint density at radius 1 is 0.805 bits per heavy atom. The van der Waals surface area contributed by atoms with Gasteiger partial charge < -0.3 is 10.0 Å². The fraction of sp³-hybridized carbons (Fsp3) is 0.515. The third-order valence-electron chi connectivity index (χ3n) is 7.83. The highest BCUT2D eigenvalue weighted by Gasteiger charge is 2.45. The molecule has 0 radical (unpaired) electrons. The van der Waals surface area contributed by atoms with Crippen molar-refractivity contribution in [1.82, 2.24) is 4.90 Å². The van der Waals surface area contributed by atoms with Crippen LogP contribution in [-0.4, -0.2) is 33.2 Å². The minimum absolute atomic E-state index is 0.0171. The molecule has 41 heavy (non-hydrogen) atoms. The summed E-state index contributed by atoms with van der Waals surface area (Å²) < 4.78 is 0. The van der Waals surface area contributed by atoms with Gasteiger partial charge in [0.15, 0.2) is 0 Å². The number of halogens is 1. The molecular formula is C33H43ClN2O5. The Morgan fingerprint density at radius 3 is 1.78 bits per heavy atom. The Labute approximate surface area is 248 Å². The van der Waals surface area contributed by atoms with Crippen molar-refractivity contribution in [1.29, 1.82) is 0 Å². The van der Waals surface area contributed by atoms with Gasteiger partial charge in [0, 0.05) is 29.3 Å². The fourth-order valence-electron chi connectivity index (χ4n) is 5.48. The zero-order valence-electron chi connectivity index (χ0n) is 24.2. The smallest absolute Gasteiger partial charge is 0.295 e. The van der Waals surface area contributed by atoms with Crippen LogP contribution in [0.15, 0.2) is 54.1 Å². The average Bonchev–Trinajstić information content (AvgIpc) is 3.22. The van der Waals surface area contributed by atoms with Crippen LogP contribution in [0.25, 0.3) is 5.76 Å². The van der Waals surface area contributed by atoms with E-state index in [4.69, 9.17) is 11.6 Å². The number of rotatable bonds is 18. The molecule has 2 aromatic carbocycles. The molecule has 0 spiro atoms. The van der Waals surface area contributed by atoms with Gasteiger partial charge in [-0.1, -0.05) is 102 Å². The van der Waals surface area contributed by atoms with Crippen LogP contribution in [0.1, 0.15) is 114 Å². The van der Waals surface area contributed by atoms with Gasteiger partial charge >= 0.3 is 0 Å². The number of hydrogen-bond acceptors (Lipinski definition) is 5. The van der Waals surface area contributed by atoms with Crippen LogP contribution in [-0.2, 0) is 9.59 Å². The minimum Gasteiger partial charge on any atom is -0.507 e. The number of aliphatic hydroxyl groups is 1. The monoisotopic (exact) mass is 582 g/mol. The first-order valence-electron chi connectivity index (χ1n) is 15.1. The average molecular weight is 583 g/mol. The molecule has 3 rings (SSSR count). The molecule has 1 aliphatic heterocycles. The summed E-state index contributed by atoms with van der Waals surface area (Å²) in [6, 6.07) is 11.3. The van der Waals surface area contributed by atoms with Crippen molar-refractivity contribution < 1.29 is 19.6 Å². The number of non-ortho nitro benzene ring substituents is 1. The number of Topliss-reactive ketones (excluding diaryl/α,β-unsaturated/α-hetero) is 1. The molecule has 0 bridgehead atoms. The van der Waals surface area contributed by atoms with E-state index in [1.54, 1.807) is 36.4 Å². The van der Waals surface area contributed by atoms with Gasteiger partial charge in [-0.2, -0.15) is 0 Å². The molecule has 1 N–H and O–H groups in total. The lowest BCUT2D eigenvalue weighted by Crippen LogP contribution is -2.30. The zero-order valence-corrected chi connectivity index (χ0v) is 24.9. The Balaban J connectivity index is 1.58. The van der Waals surface area contributed by atoms with E-state index in [-0.39, 0.29) is 17.0 Å². The number of unbranched alkanes of at least 4 members (excludes halogenated alkanes) is 13. The summed E-state index contributed by atoms with van der Waals surface area (Å²) in [5, 5.41) is 22.8. The van der Waals surface area contributed by atoms with Crippen molar-refractivity contribution in [2.45, 2.75) is 103 Å². The van der Waals surface area contributed by atoms with Crippen LogP contribution in [0.3, 0.4) is 0 Å². The van der Waals surface area contributed by atoms with Crippen molar-refractivity contribution in [2.75, 3.05) is 6.54 Å². The predicted molar refractivity (Wildman–Crippen MR) is 164 cm³/mol. The summed E-state index contributed by atoms with van der Waals surface area (Å²) in [6.45, 7) is 2.61. The number of benzene rings is 2. The number of amides is 1. The largest absolute Gasteiger partial charge is 0.507 e. The highest BCUT2D eigenvalue weighted by Crippen LogP contribution is 2.40. The lowest BCUT2D eigenvalue weighted by molar-refractivity contribution is -0.384. The van der Waals surface area contributed by atoms with Gasteiger partial charge in [-0.05, 0) is 48.4 Å². The molecule has 1 amide bonds. The van der Waals surface area contributed by atoms with Crippen LogP contribution in [0, 0.1) is 10.1 Å². The van der Waals surface area contributed by atoms with E-state index < -0.39 is 22.7 Å². The van der Waals surface area contributed by atoms with Crippen LogP contribution >= 0.6 is 11.6 Å². The molecular weight excluding hydrogens is 540 g/mol. The second-order valence-corrected chi connectivity index (χ2v) is 11.4. The highest BCUT2D eigenvalue weighted by atomic mass is 35.5. The van der Waals surface area contributed by atoms with Gasteiger partial charge in [-0.3, -0.25) is 19.7 Å². The Bertz CT molecular complexity index is 1180. The van der Waals surface area contributed by atoms with E-state index in [1.165, 1.54) is 81.2 Å². The van der Waals surface area contributed by atoms with Crippen LogP contribution in [0.5, 0.6) is 0 Å².